The smallest absolute Gasteiger partial charge is 0.273 e. The second-order valence-electron chi connectivity index (χ2n) is 7.58. The number of fused-ring (bicyclic) bond motifs is 1. The Morgan fingerprint density at radius 1 is 1.29 bits per heavy atom. The third kappa shape index (κ3) is 4.88. The number of piperidine rings is 1. The zero-order valence-electron chi connectivity index (χ0n) is 17.4. The van der Waals surface area contributed by atoms with Gasteiger partial charge < -0.3 is 10.2 Å². The van der Waals surface area contributed by atoms with E-state index < -0.39 is 0 Å². The van der Waals surface area contributed by atoms with Crippen LogP contribution in [0.25, 0.3) is 10.3 Å². The average Bonchev–Trinajstić information content (AvgIpc) is 3.19. The van der Waals surface area contributed by atoms with Crippen molar-refractivity contribution in [2.24, 2.45) is 5.92 Å². The number of amides is 1. The lowest BCUT2D eigenvalue weighted by atomic mass is 10.00. The first kappa shape index (κ1) is 22.1. The second kappa shape index (κ2) is 9.58. The fourth-order valence-corrected chi connectivity index (χ4v) is 5.52. The number of para-hydroxylation sites is 1. The molecule has 2 aromatic heterocycles. The number of carbonyl (C=O) groups excluding carboxylic acids is 1. The number of halogens is 1. The van der Waals surface area contributed by atoms with Crippen molar-refractivity contribution in [1.82, 2.24) is 14.5 Å². The van der Waals surface area contributed by atoms with Crippen LogP contribution >= 0.6 is 34.7 Å². The summed E-state index contributed by atoms with van der Waals surface area (Å²) in [6.45, 7) is 6.55. The number of thiazole rings is 1. The van der Waals surface area contributed by atoms with Gasteiger partial charge in [0.25, 0.3) is 5.56 Å². The largest absolute Gasteiger partial charge is 0.348 e. The van der Waals surface area contributed by atoms with Crippen molar-refractivity contribution in [3.8, 4) is 0 Å². The molecule has 0 atom stereocenters. The molecule has 4 rings (SSSR count). The second-order valence-corrected chi connectivity index (χ2v) is 9.91. The molecule has 1 fully saturated rings. The molecule has 0 saturated carbocycles. The first-order valence-electron chi connectivity index (χ1n) is 10.3. The van der Waals surface area contributed by atoms with Gasteiger partial charge >= 0.3 is 0 Å². The Balaban J connectivity index is 1.54. The van der Waals surface area contributed by atoms with E-state index in [-0.39, 0.29) is 17.2 Å². The normalized spacial score (nSPS) is 14.9. The van der Waals surface area contributed by atoms with Crippen LogP contribution in [0, 0.1) is 5.92 Å². The first-order valence-corrected chi connectivity index (χ1v) is 12.5. The van der Waals surface area contributed by atoms with Gasteiger partial charge in [0.15, 0.2) is 15.9 Å². The summed E-state index contributed by atoms with van der Waals surface area (Å²) in [7, 11) is 0. The monoisotopic (exact) mass is 477 g/mol. The Labute approximate surface area is 193 Å². The van der Waals surface area contributed by atoms with Gasteiger partial charge in [0.2, 0.25) is 5.91 Å². The highest BCUT2D eigenvalue weighted by molar-refractivity contribution is 7.99. The molecule has 1 aliphatic rings. The first-order chi connectivity index (χ1) is 15.0. The van der Waals surface area contributed by atoms with E-state index in [0.717, 1.165) is 37.0 Å². The average molecular weight is 478 g/mol. The molecule has 0 unspecified atom stereocenters. The van der Waals surface area contributed by atoms with Crippen LogP contribution in [0.5, 0.6) is 0 Å². The highest BCUT2D eigenvalue weighted by Gasteiger charge is 2.22. The van der Waals surface area contributed by atoms with Gasteiger partial charge in [-0.1, -0.05) is 53.8 Å². The van der Waals surface area contributed by atoms with Gasteiger partial charge in [0.1, 0.15) is 4.70 Å². The molecular weight excluding hydrogens is 454 g/mol. The van der Waals surface area contributed by atoms with Crippen LogP contribution < -0.4 is 15.8 Å². The number of hydrogen-bond acceptors (Lipinski definition) is 7. The van der Waals surface area contributed by atoms with Gasteiger partial charge in [-0.25, -0.2) is 4.98 Å². The Hall–Kier alpha value is -2.10. The molecule has 1 aliphatic heterocycles. The van der Waals surface area contributed by atoms with E-state index in [1.165, 1.54) is 23.1 Å². The SMILES string of the molecule is CCn1c(SCC(=O)Nc2ccccc2Cl)nc2nc(N3CCC(C)CC3)sc2c1=O. The Kier molecular flexibility index (Phi) is 6.83. The van der Waals surface area contributed by atoms with E-state index in [2.05, 4.69) is 27.1 Å². The van der Waals surface area contributed by atoms with Gasteiger partial charge in [-0.2, -0.15) is 4.98 Å². The third-order valence-corrected chi connectivity index (χ3v) is 7.72. The lowest BCUT2D eigenvalue weighted by Gasteiger charge is -2.29. The molecule has 1 amide bonds. The fraction of sp³-hybridized carbons (Fsp3) is 0.429. The third-order valence-electron chi connectivity index (χ3n) is 5.32. The Morgan fingerprint density at radius 3 is 2.74 bits per heavy atom. The minimum atomic E-state index is -0.212. The maximum absolute atomic E-state index is 13.1. The highest BCUT2D eigenvalue weighted by atomic mass is 35.5. The van der Waals surface area contributed by atoms with E-state index in [1.807, 2.05) is 13.0 Å². The number of nitrogens with zero attached hydrogens (tertiary/aromatic N) is 4. The standard InChI is InChI=1S/C21H24ClN5O2S2/c1-3-27-19(29)17-18(24-20(31-17)26-10-8-13(2)9-11-26)25-21(27)30-12-16(28)23-15-7-5-4-6-14(15)22/h4-7,13H,3,8-12H2,1-2H3,(H,23,28). The predicted octanol–water partition coefficient (Wildman–Crippen LogP) is 4.49. The molecule has 0 spiro atoms. The molecule has 3 aromatic rings. The van der Waals surface area contributed by atoms with Crippen LogP contribution in [0.3, 0.4) is 0 Å². The van der Waals surface area contributed by atoms with Crippen molar-refractivity contribution in [3.63, 3.8) is 0 Å². The van der Waals surface area contributed by atoms with Crippen molar-refractivity contribution in [1.29, 1.82) is 0 Å². The Bertz CT molecular complexity index is 1150. The molecule has 1 saturated heterocycles. The topological polar surface area (TPSA) is 80.1 Å². The maximum atomic E-state index is 13.1. The van der Waals surface area contributed by atoms with E-state index in [1.54, 1.807) is 22.8 Å². The molecule has 10 heteroatoms. The number of nitrogens with one attached hydrogen (secondary N) is 1. The summed E-state index contributed by atoms with van der Waals surface area (Å²) in [6.07, 6.45) is 2.26. The number of rotatable bonds is 6. The zero-order chi connectivity index (χ0) is 22.0. The molecule has 0 bridgehead atoms. The quantitative estimate of drug-likeness (QED) is 0.416. The summed E-state index contributed by atoms with van der Waals surface area (Å²) >= 11 is 8.74. The van der Waals surface area contributed by atoms with Crippen LogP contribution in [-0.2, 0) is 11.3 Å². The summed E-state index contributed by atoms with van der Waals surface area (Å²) in [6, 6.07) is 7.08. The van der Waals surface area contributed by atoms with E-state index in [9.17, 15) is 9.59 Å². The number of carbonyl (C=O) groups is 1. The van der Waals surface area contributed by atoms with Gasteiger partial charge in [-0.05, 0) is 37.8 Å². The van der Waals surface area contributed by atoms with Gasteiger partial charge in [0.05, 0.1) is 16.5 Å². The minimum Gasteiger partial charge on any atom is -0.348 e. The van der Waals surface area contributed by atoms with Crippen molar-refractivity contribution < 1.29 is 4.79 Å². The summed E-state index contributed by atoms with van der Waals surface area (Å²) in [4.78, 5) is 37.0. The van der Waals surface area contributed by atoms with Gasteiger partial charge in [0, 0.05) is 19.6 Å². The summed E-state index contributed by atoms with van der Waals surface area (Å²) < 4.78 is 2.18. The van der Waals surface area contributed by atoms with Crippen LogP contribution in [0.15, 0.2) is 34.2 Å². The lowest BCUT2D eigenvalue weighted by Crippen LogP contribution is -2.32. The zero-order valence-corrected chi connectivity index (χ0v) is 19.8. The van der Waals surface area contributed by atoms with E-state index >= 15 is 0 Å². The number of hydrogen-bond donors (Lipinski definition) is 1. The number of benzene rings is 1. The molecule has 31 heavy (non-hydrogen) atoms. The summed E-state index contributed by atoms with van der Waals surface area (Å²) in [5.41, 5.74) is 0.920. The molecule has 1 N–H and O–H groups in total. The van der Waals surface area contributed by atoms with Crippen molar-refractivity contribution in [3.05, 3.63) is 39.6 Å². The molecule has 1 aromatic carbocycles. The van der Waals surface area contributed by atoms with Gasteiger partial charge in [-0.3, -0.25) is 14.2 Å². The van der Waals surface area contributed by atoms with Crippen molar-refractivity contribution >= 4 is 61.8 Å². The van der Waals surface area contributed by atoms with Gasteiger partial charge in [-0.15, -0.1) is 0 Å². The molecular formula is C21H24ClN5O2S2. The minimum absolute atomic E-state index is 0.101. The fourth-order valence-electron chi connectivity index (χ4n) is 3.48. The highest BCUT2D eigenvalue weighted by Crippen LogP contribution is 2.30. The Morgan fingerprint density at radius 2 is 2.03 bits per heavy atom. The van der Waals surface area contributed by atoms with Crippen LogP contribution in [-0.4, -0.2) is 39.3 Å². The molecule has 164 valence electrons. The predicted molar refractivity (Wildman–Crippen MR) is 129 cm³/mol. The summed E-state index contributed by atoms with van der Waals surface area (Å²) in [5, 5.41) is 4.63. The molecule has 7 nitrogen and oxygen atoms in total. The number of aromatic nitrogens is 3. The van der Waals surface area contributed by atoms with Crippen LogP contribution in [0.4, 0.5) is 10.8 Å². The maximum Gasteiger partial charge on any atom is 0.273 e. The molecule has 0 radical (unpaired) electrons. The van der Waals surface area contributed by atoms with E-state index in [0.29, 0.717) is 32.8 Å². The van der Waals surface area contributed by atoms with Crippen LogP contribution in [0.1, 0.15) is 26.7 Å². The van der Waals surface area contributed by atoms with Crippen molar-refractivity contribution in [2.75, 3.05) is 29.1 Å². The van der Waals surface area contributed by atoms with Crippen LogP contribution in [0.2, 0.25) is 5.02 Å². The number of anilines is 2. The molecule has 0 aliphatic carbocycles. The van der Waals surface area contributed by atoms with E-state index in [4.69, 9.17) is 11.6 Å². The molecule has 3 heterocycles. The summed E-state index contributed by atoms with van der Waals surface area (Å²) in [5.74, 6) is 0.627. The number of thioether (sulfide) groups is 1. The van der Waals surface area contributed by atoms with Crippen molar-refractivity contribution in [2.45, 2.75) is 38.4 Å². The lowest BCUT2D eigenvalue weighted by molar-refractivity contribution is -0.113.